The van der Waals surface area contributed by atoms with Crippen LogP contribution in [-0.2, 0) is 14.3 Å². The molecule has 2 aliphatic rings. The van der Waals surface area contributed by atoms with Crippen LogP contribution < -0.4 is 0 Å². The second-order valence-corrected chi connectivity index (χ2v) is 3.71. The van der Waals surface area contributed by atoms with Crippen molar-refractivity contribution in [2.24, 2.45) is 5.92 Å². The van der Waals surface area contributed by atoms with Gasteiger partial charge < -0.3 is 14.6 Å². The quantitative estimate of drug-likeness (QED) is 0.621. The summed E-state index contributed by atoms with van der Waals surface area (Å²) in [7, 11) is 0. The Labute approximate surface area is 76.8 Å². The van der Waals surface area contributed by atoms with E-state index in [4.69, 9.17) is 14.6 Å². The third kappa shape index (κ3) is 1.44. The Morgan fingerprint density at radius 2 is 2.23 bits per heavy atom. The predicted molar refractivity (Wildman–Crippen MR) is 44.0 cm³/mol. The molecule has 0 aromatic heterocycles. The number of carbonyl (C=O) groups is 1. The second-order valence-electron chi connectivity index (χ2n) is 3.71. The van der Waals surface area contributed by atoms with E-state index >= 15 is 0 Å². The molecule has 1 N–H and O–H groups in total. The van der Waals surface area contributed by atoms with Crippen molar-refractivity contribution in [1.82, 2.24) is 0 Å². The fraction of sp³-hybridized carbons (Fsp3) is 0.889. The molecule has 2 heterocycles. The first-order chi connectivity index (χ1) is 6.22. The number of esters is 1. The number of fused-ring (bicyclic) bond motifs is 2. The SMILES string of the molecule is CC(=O)O[C@@H]1[C@H](CO)[C@@H]2CC[C@H]1O2. The molecule has 2 aliphatic heterocycles. The third-order valence-corrected chi connectivity index (χ3v) is 2.86. The monoisotopic (exact) mass is 186 g/mol. The van der Waals surface area contributed by atoms with Crippen molar-refractivity contribution in [3.63, 3.8) is 0 Å². The van der Waals surface area contributed by atoms with Crippen LogP contribution in [0.3, 0.4) is 0 Å². The molecule has 2 fully saturated rings. The zero-order valence-corrected chi connectivity index (χ0v) is 7.60. The van der Waals surface area contributed by atoms with Gasteiger partial charge in [0.1, 0.15) is 6.10 Å². The molecule has 4 atom stereocenters. The summed E-state index contributed by atoms with van der Waals surface area (Å²) >= 11 is 0. The van der Waals surface area contributed by atoms with Crippen LogP contribution in [0.25, 0.3) is 0 Å². The molecule has 0 saturated carbocycles. The molecule has 2 bridgehead atoms. The van der Waals surface area contributed by atoms with E-state index in [-0.39, 0.29) is 36.8 Å². The first-order valence-corrected chi connectivity index (χ1v) is 4.66. The molecule has 74 valence electrons. The Balaban J connectivity index is 2.04. The number of ether oxygens (including phenoxy) is 2. The average molecular weight is 186 g/mol. The number of hydrogen-bond donors (Lipinski definition) is 1. The van der Waals surface area contributed by atoms with E-state index in [1.54, 1.807) is 0 Å². The van der Waals surface area contributed by atoms with Crippen molar-refractivity contribution in [3.05, 3.63) is 0 Å². The molecule has 0 radical (unpaired) electrons. The normalized spacial score (nSPS) is 42.3. The summed E-state index contributed by atoms with van der Waals surface area (Å²) in [6, 6.07) is 0. The number of aliphatic hydroxyl groups excluding tert-OH is 1. The summed E-state index contributed by atoms with van der Waals surface area (Å²) in [5.41, 5.74) is 0. The number of carbonyl (C=O) groups excluding carboxylic acids is 1. The molecule has 0 spiro atoms. The molecule has 2 saturated heterocycles. The van der Waals surface area contributed by atoms with Gasteiger partial charge in [-0.15, -0.1) is 0 Å². The standard InChI is InChI=1S/C9H14O4/c1-5(11)12-9-6(4-10)7-2-3-8(9)13-7/h6-10H,2-4H2,1H3/t6-,7+,8-,9-/m1/s1. The van der Waals surface area contributed by atoms with Gasteiger partial charge in [0, 0.05) is 12.8 Å². The predicted octanol–water partition coefficient (Wildman–Crippen LogP) is 0.0878. The van der Waals surface area contributed by atoms with Crippen LogP contribution in [-0.4, -0.2) is 36.0 Å². The molecule has 4 heteroatoms. The van der Waals surface area contributed by atoms with E-state index < -0.39 is 0 Å². The lowest BCUT2D eigenvalue weighted by Crippen LogP contribution is -2.37. The molecular formula is C9H14O4. The van der Waals surface area contributed by atoms with Crippen molar-refractivity contribution in [2.45, 2.75) is 38.1 Å². The second kappa shape index (κ2) is 3.27. The van der Waals surface area contributed by atoms with Gasteiger partial charge in [-0.25, -0.2) is 0 Å². The maximum atomic E-state index is 10.8. The summed E-state index contributed by atoms with van der Waals surface area (Å²) in [5, 5.41) is 9.10. The highest BCUT2D eigenvalue weighted by atomic mass is 16.6. The van der Waals surface area contributed by atoms with Gasteiger partial charge in [0.15, 0.2) is 0 Å². The topological polar surface area (TPSA) is 55.8 Å². The molecule has 0 unspecified atom stereocenters. The van der Waals surface area contributed by atoms with Gasteiger partial charge in [0.2, 0.25) is 0 Å². The van der Waals surface area contributed by atoms with Crippen molar-refractivity contribution in [2.75, 3.05) is 6.61 Å². The van der Waals surface area contributed by atoms with Crippen molar-refractivity contribution < 1.29 is 19.4 Å². The van der Waals surface area contributed by atoms with E-state index in [1.165, 1.54) is 6.92 Å². The number of rotatable bonds is 2. The van der Waals surface area contributed by atoms with Gasteiger partial charge in [0.25, 0.3) is 0 Å². The summed E-state index contributed by atoms with van der Waals surface area (Å²) in [5.74, 6) is -0.303. The van der Waals surface area contributed by atoms with E-state index in [1.807, 2.05) is 0 Å². The third-order valence-electron chi connectivity index (χ3n) is 2.86. The Bertz CT molecular complexity index is 216. The van der Waals surface area contributed by atoms with E-state index in [0.717, 1.165) is 12.8 Å². The summed E-state index contributed by atoms with van der Waals surface area (Å²) < 4.78 is 10.7. The number of hydrogen-bond acceptors (Lipinski definition) is 4. The molecule has 4 nitrogen and oxygen atoms in total. The highest BCUT2D eigenvalue weighted by Gasteiger charge is 2.50. The molecule has 13 heavy (non-hydrogen) atoms. The van der Waals surface area contributed by atoms with Gasteiger partial charge in [0.05, 0.1) is 18.8 Å². The van der Waals surface area contributed by atoms with Crippen LogP contribution in [0.1, 0.15) is 19.8 Å². The van der Waals surface area contributed by atoms with Crippen LogP contribution >= 0.6 is 0 Å². The minimum Gasteiger partial charge on any atom is -0.459 e. The lowest BCUT2D eigenvalue weighted by atomic mass is 9.87. The minimum atomic E-state index is -0.292. The van der Waals surface area contributed by atoms with E-state index in [9.17, 15) is 4.79 Å². The van der Waals surface area contributed by atoms with Crippen LogP contribution in [0, 0.1) is 5.92 Å². The fourth-order valence-corrected chi connectivity index (χ4v) is 2.31. The molecule has 0 amide bonds. The van der Waals surface area contributed by atoms with Crippen LogP contribution in [0.15, 0.2) is 0 Å². The van der Waals surface area contributed by atoms with Crippen molar-refractivity contribution in [1.29, 1.82) is 0 Å². The summed E-state index contributed by atoms with van der Waals surface area (Å²) in [6.45, 7) is 1.43. The fourth-order valence-electron chi connectivity index (χ4n) is 2.31. The lowest BCUT2D eigenvalue weighted by molar-refractivity contribution is -0.151. The molecular weight excluding hydrogens is 172 g/mol. The zero-order chi connectivity index (χ0) is 9.42. The van der Waals surface area contributed by atoms with E-state index in [2.05, 4.69) is 0 Å². The highest BCUT2D eigenvalue weighted by molar-refractivity contribution is 5.66. The Hall–Kier alpha value is -0.610. The minimum absolute atomic E-state index is 0.0114. The first kappa shape index (κ1) is 8.97. The highest BCUT2D eigenvalue weighted by Crippen LogP contribution is 2.40. The van der Waals surface area contributed by atoms with Gasteiger partial charge in [-0.1, -0.05) is 0 Å². The molecule has 0 aromatic rings. The van der Waals surface area contributed by atoms with Crippen molar-refractivity contribution >= 4 is 5.97 Å². The van der Waals surface area contributed by atoms with Gasteiger partial charge in [-0.05, 0) is 12.8 Å². The summed E-state index contributed by atoms with van der Waals surface area (Å²) in [4.78, 5) is 10.8. The van der Waals surface area contributed by atoms with Crippen LogP contribution in [0.4, 0.5) is 0 Å². The van der Waals surface area contributed by atoms with Gasteiger partial charge >= 0.3 is 5.97 Å². The smallest absolute Gasteiger partial charge is 0.303 e. The van der Waals surface area contributed by atoms with Crippen molar-refractivity contribution in [3.8, 4) is 0 Å². The zero-order valence-electron chi connectivity index (χ0n) is 7.60. The Morgan fingerprint density at radius 1 is 1.54 bits per heavy atom. The first-order valence-electron chi connectivity index (χ1n) is 4.66. The molecule has 0 aromatic carbocycles. The van der Waals surface area contributed by atoms with E-state index in [0.29, 0.717) is 0 Å². The van der Waals surface area contributed by atoms with Gasteiger partial charge in [-0.3, -0.25) is 4.79 Å². The summed E-state index contributed by atoms with van der Waals surface area (Å²) in [6.07, 6.45) is 1.82. The average Bonchev–Trinajstić information content (AvgIpc) is 2.62. The number of aliphatic hydroxyl groups is 1. The maximum absolute atomic E-state index is 10.8. The Kier molecular flexibility index (Phi) is 2.26. The molecule has 0 aliphatic carbocycles. The molecule has 2 rings (SSSR count). The largest absolute Gasteiger partial charge is 0.459 e. The maximum Gasteiger partial charge on any atom is 0.303 e. The Morgan fingerprint density at radius 3 is 2.85 bits per heavy atom. The van der Waals surface area contributed by atoms with Crippen LogP contribution in [0.5, 0.6) is 0 Å². The van der Waals surface area contributed by atoms with Gasteiger partial charge in [-0.2, -0.15) is 0 Å². The van der Waals surface area contributed by atoms with Crippen LogP contribution in [0.2, 0.25) is 0 Å². The lowest BCUT2D eigenvalue weighted by Gasteiger charge is -2.25.